The Bertz CT molecular complexity index is 759. The van der Waals surface area contributed by atoms with Gasteiger partial charge in [0.25, 0.3) is 0 Å². The number of anilines is 1. The Morgan fingerprint density at radius 2 is 2.08 bits per heavy atom. The SMILES string of the molecule is O=C(c1nnc(NC2CC2)o1)N1CCC(O)(c2ccc(F)cc2)C1. The molecule has 1 aliphatic heterocycles. The fourth-order valence-electron chi connectivity index (χ4n) is 2.87. The number of β-amino-alcohol motifs (C(OH)–C–C–N with tert-alkyl or cyclic N) is 1. The Hall–Kier alpha value is -2.48. The molecule has 0 radical (unpaired) electrons. The van der Waals surface area contributed by atoms with Gasteiger partial charge < -0.3 is 19.7 Å². The van der Waals surface area contributed by atoms with E-state index in [0.29, 0.717) is 24.6 Å². The van der Waals surface area contributed by atoms with Crippen LogP contribution in [0.5, 0.6) is 0 Å². The van der Waals surface area contributed by atoms with E-state index in [-0.39, 0.29) is 24.3 Å². The zero-order chi connectivity index (χ0) is 16.7. The van der Waals surface area contributed by atoms with Gasteiger partial charge in [0.05, 0.1) is 6.54 Å². The number of hydrogen-bond acceptors (Lipinski definition) is 6. The zero-order valence-electron chi connectivity index (χ0n) is 12.9. The van der Waals surface area contributed by atoms with Gasteiger partial charge in [0.2, 0.25) is 0 Å². The highest BCUT2D eigenvalue weighted by molar-refractivity contribution is 5.90. The van der Waals surface area contributed by atoms with E-state index in [4.69, 9.17) is 4.42 Å². The molecule has 2 aliphatic rings. The second-order valence-electron chi connectivity index (χ2n) is 6.35. The summed E-state index contributed by atoms with van der Waals surface area (Å²) in [5, 5.41) is 21.4. The Kier molecular flexibility index (Phi) is 3.49. The lowest BCUT2D eigenvalue weighted by molar-refractivity contribution is 0.0405. The van der Waals surface area contributed by atoms with Gasteiger partial charge in [0.1, 0.15) is 11.4 Å². The molecule has 1 atom stereocenters. The monoisotopic (exact) mass is 332 g/mol. The van der Waals surface area contributed by atoms with Gasteiger partial charge in [-0.3, -0.25) is 4.79 Å². The van der Waals surface area contributed by atoms with E-state index in [1.807, 2.05) is 0 Å². The van der Waals surface area contributed by atoms with Crippen molar-refractivity contribution >= 4 is 11.9 Å². The van der Waals surface area contributed by atoms with Crippen molar-refractivity contribution in [3.05, 3.63) is 41.5 Å². The van der Waals surface area contributed by atoms with Gasteiger partial charge in [-0.25, -0.2) is 4.39 Å². The molecule has 2 heterocycles. The highest BCUT2D eigenvalue weighted by Gasteiger charge is 2.41. The highest BCUT2D eigenvalue weighted by Crippen LogP contribution is 2.33. The van der Waals surface area contributed by atoms with Crippen LogP contribution in [0, 0.1) is 5.82 Å². The molecule has 2 aromatic rings. The number of nitrogens with one attached hydrogen (secondary N) is 1. The minimum Gasteiger partial charge on any atom is -0.399 e. The number of hydrogen-bond donors (Lipinski definition) is 2. The Morgan fingerprint density at radius 1 is 1.33 bits per heavy atom. The lowest BCUT2D eigenvalue weighted by Crippen LogP contribution is -2.34. The van der Waals surface area contributed by atoms with Gasteiger partial charge in [-0.15, -0.1) is 5.10 Å². The fraction of sp³-hybridized carbons (Fsp3) is 0.438. The van der Waals surface area contributed by atoms with E-state index in [2.05, 4.69) is 15.5 Å². The number of carbonyl (C=O) groups is 1. The van der Waals surface area contributed by atoms with Gasteiger partial charge in [0.15, 0.2) is 0 Å². The summed E-state index contributed by atoms with van der Waals surface area (Å²) in [6.07, 6.45) is 2.48. The molecule has 1 aliphatic carbocycles. The molecule has 0 bridgehead atoms. The summed E-state index contributed by atoms with van der Waals surface area (Å²) < 4.78 is 18.4. The van der Waals surface area contributed by atoms with E-state index in [1.165, 1.54) is 29.2 Å². The topological polar surface area (TPSA) is 91.5 Å². The normalized spacial score (nSPS) is 23.5. The minimum absolute atomic E-state index is 0.0958. The third-order valence-corrected chi connectivity index (χ3v) is 4.43. The maximum atomic E-state index is 13.0. The zero-order valence-corrected chi connectivity index (χ0v) is 12.9. The van der Waals surface area contributed by atoms with Crippen LogP contribution in [-0.4, -0.2) is 45.2 Å². The number of benzene rings is 1. The van der Waals surface area contributed by atoms with Gasteiger partial charge in [-0.2, -0.15) is 0 Å². The average molecular weight is 332 g/mol. The fourth-order valence-corrected chi connectivity index (χ4v) is 2.87. The maximum Gasteiger partial charge on any atom is 0.316 e. The molecular weight excluding hydrogens is 315 g/mol. The van der Waals surface area contributed by atoms with E-state index in [9.17, 15) is 14.3 Å². The van der Waals surface area contributed by atoms with Crippen molar-refractivity contribution in [3.8, 4) is 0 Å². The summed E-state index contributed by atoms with van der Waals surface area (Å²) in [6, 6.07) is 6.26. The number of carbonyl (C=O) groups excluding carboxylic acids is 1. The lowest BCUT2D eigenvalue weighted by atomic mass is 9.93. The molecule has 24 heavy (non-hydrogen) atoms. The van der Waals surface area contributed by atoms with Crippen molar-refractivity contribution < 1.29 is 18.7 Å². The molecule has 0 spiro atoms. The van der Waals surface area contributed by atoms with Crippen LogP contribution >= 0.6 is 0 Å². The molecule has 1 saturated carbocycles. The predicted octanol–water partition coefficient (Wildman–Crippen LogP) is 1.52. The summed E-state index contributed by atoms with van der Waals surface area (Å²) in [5.74, 6) is -0.874. The van der Waals surface area contributed by atoms with Gasteiger partial charge >= 0.3 is 17.8 Å². The number of aliphatic hydroxyl groups is 1. The number of likely N-dealkylation sites (tertiary alicyclic amines) is 1. The number of amides is 1. The van der Waals surface area contributed by atoms with Crippen LogP contribution in [0.4, 0.5) is 10.4 Å². The molecule has 8 heteroatoms. The Balaban J connectivity index is 1.46. The maximum absolute atomic E-state index is 13.0. The largest absolute Gasteiger partial charge is 0.399 e. The van der Waals surface area contributed by atoms with E-state index < -0.39 is 11.5 Å². The third kappa shape index (κ3) is 2.84. The van der Waals surface area contributed by atoms with Crippen LogP contribution in [-0.2, 0) is 5.60 Å². The minimum atomic E-state index is -1.20. The van der Waals surface area contributed by atoms with Crippen molar-refractivity contribution in [2.45, 2.75) is 30.9 Å². The molecule has 1 unspecified atom stereocenters. The van der Waals surface area contributed by atoms with Gasteiger partial charge in [-0.1, -0.05) is 17.2 Å². The van der Waals surface area contributed by atoms with Crippen molar-refractivity contribution in [2.24, 2.45) is 0 Å². The second-order valence-corrected chi connectivity index (χ2v) is 6.35. The van der Waals surface area contributed by atoms with Crippen LogP contribution in [0.2, 0.25) is 0 Å². The number of aromatic nitrogens is 2. The summed E-state index contributed by atoms with van der Waals surface area (Å²) in [4.78, 5) is 13.9. The summed E-state index contributed by atoms with van der Waals surface area (Å²) >= 11 is 0. The molecule has 2 N–H and O–H groups in total. The van der Waals surface area contributed by atoms with Crippen LogP contribution in [0.1, 0.15) is 35.5 Å². The Labute approximate surface area is 137 Å². The lowest BCUT2D eigenvalue weighted by Gasteiger charge is -2.23. The van der Waals surface area contributed by atoms with Crippen molar-refractivity contribution in [3.63, 3.8) is 0 Å². The number of halogens is 1. The average Bonchev–Trinajstić information content (AvgIpc) is 3.10. The molecule has 1 saturated heterocycles. The Morgan fingerprint density at radius 3 is 2.79 bits per heavy atom. The van der Waals surface area contributed by atoms with E-state index in [1.54, 1.807) is 0 Å². The van der Waals surface area contributed by atoms with Crippen molar-refractivity contribution in [2.75, 3.05) is 18.4 Å². The van der Waals surface area contributed by atoms with Crippen molar-refractivity contribution in [1.82, 2.24) is 15.1 Å². The summed E-state index contributed by atoms with van der Waals surface area (Å²) in [6.45, 7) is 0.464. The first-order valence-electron chi connectivity index (χ1n) is 7.91. The predicted molar refractivity (Wildman–Crippen MR) is 81.8 cm³/mol. The molecule has 7 nitrogen and oxygen atoms in total. The quantitative estimate of drug-likeness (QED) is 0.882. The van der Waals surface area contributed by atoms with E-state index in [0.717, 1.165) is 12.8 Å². The number of rotatable bonds is 4. The van der Waals surface area contributed by atoms with Crippen LogP contribution in [0.3, 0.4) is 0 Å². The molecule has 126 valence electrons. The van der Waals surface area contributed by atoms with Crippen LogP contribution in [0.15, 0.2) is 28.7 Å². The summed E-state index contributed by atoms with van der Waals surface area (Å²) in [7, 11) is 0. The first-order chi connectivity index (χ1) is 11.5. The third-order valence-electron chi connectivity index (χ3n) is 4.43. The van der Waals surface area contributed by atoms with Gasteiger partial charge in [-0.05, 0) is 37.0 Å². The van der Waals surface area contributed by atoms with Crippen LogP contribution < -0.4 is 5.32 Å². The first-order valence-corrected chi connectivity index (χ1v) is 7.91. The van der Waals surface area contributed by atoms with Crippen molar-refractivity contribution in [1.29, 1.82) is 0 Å². The molecule has 4 rings (SSSR count). The smallest absolute Gasteiger partial charge is 0.316 e. The molecule has 1 aromatic carbocycles. The van der Waals surface area contributed by atoms with Gasteiger partial charge in [0, 0.05) is 12.6 Å². The van der Waals surface area contributed by atoms with E-state index >= 15 is 0 Å². The summed E-state index contributed by atoms with van der Waals surface area (Å²) in [5.41, 5.74) is -0.612. The molecule has 1 amide bonds. The first kappa shape index (κ1) is 15.1. The standard InChI is InChI=1S/C16H17FN4O3/c17-11-3-1-10(2-4-11)16(23)7-8-21(9-16)14(22)13-19-20-15(24-13)18-12-5-6-12/h1-4,12,23H,5-9H2,(H,18,20). The second kappa shape index (κ2) is 5.55. The molecule has 2 fully saturated rings. The number of nitrogens with zero attached hydrogens (tertiary/aromatic N) is 3. The molecule has 1 aromatic heterocycles. The van der Waals surface area contributed by atoms with Crippen LogP contribution in [0.25, 0.3) is 0 Å². The molecular formula is C16H17FN4O3. The highest BCUT2D eigenvalue weighted by atomic mass is 19.1.